The van der Waals surface area contributed by atoms with Gasteiger partial charge in [0.25, 0.3) is 0 Å². The van der Waals surface area contributed by atoms with Gasteiger partial charge in [-0.2, -0.15) is 26.3 Å². The second-order valence-electron chi connectivity index (χ2n) is 10.3. The third-order valence-corrected chi connectivity index (χ3v) is 7.08. The quantitative estimate of drug-likeness (QED) is 0.184. The topological polar surface area (TPSA) is 66.8 Å². The van der Waals surface area contributed by atoms with Crippen LogP contribution >= 0.6 is 0 Å². The fourth-order valence-electron chi connectivity index (χ4n) is 4.88. The largest absolute Gasteiger partial charge is 0.433 e. The summed E-state index contributed by atoms with van der Waals surface area (Å²) in [6.45, 7) is 1.01. The molecule has 6 nitrogen and oxygen atoms in total. The van der Waals surface area contributed by atoms with E-state index in [1.807, 2.05) is 30.3 Å². The zero-order chi connectivity index (χ0) is 30.2. The molecule has 220 valence electrons. The van der Waals surface area contributed by atoms with Gasteiger partial charge in [0.1, 0.15) is 17.3 Å². The predicted octanol–water partition coefficient (Wildman–Crippen LogP) is 8.03. The molecule has 2 aromatic carbocycles. The van der Waals surface area contributed by atoms with Crippen LogP contribution in [0.1, 0.15) is 35.5 Å². The summed E-state index contributed by atoms with van der Waals surface area (Å²) in [6, 6.07) is 19.1. The van der Waals surface area contributed by atoms with E-state index in [9.17, 15) is 26.3 Å². The molecule has 0 saturated heterocycles. The van der Waals surface area contributed by atoms with Crippen LogP contribution in [0.5, 0.6) is 0 Å². The molecule has 12 heteroatoms. The number of aromatic nitrogens is 4. The smallest absolute Gasteiger partial charge is 0.338 e. The number of rotatable bonds is 8. The molecule has 1 N–H and O–H groups in total. The van der Waals surface area contributed by atoms with E-state index in [2.05, 4.69) is 20.2 Å². The first-order valence-corrected chi connectivity index (χ1v) is 13.5. The van der Waals surface area contributed by atoms with Crippen molar-refractivity contribution in [3.63, 3.8) is 0 Å². The molecule has 6 rings (SSSR count). The Morgan fingerprint density at radius 2 is 1.58 bits per heavy atom. The Bertz CT molecular complexity index is 1740. The van der Waals surface area contributed by atoms with E-state index in [0.717, 1.165) is 36.7 Å². The minimum absolute atomic E-state index is 0.218. The third-order valence-electron chi connectivity index (χ3n) is 7.08. The van der Waals surface area contributed by atoms with Gasteiger partial charge in [0.2, 0.25) is 0 Å². The fourth-order valence-corrected chi connectivity index (χ4v) is 4.88. The van der Waals surface area contributed by atoms with E-state index in [1.54, 1.807) is 6.07 Å². The number of alkyl halides is 6. The first-order valence-electron chi connectivity index (χ1n) is 13.5. The van der Waals surface area contributed by atoms with Gasteiger partial charge in [0.15, 0.2) is 0 Å². The molecule has 0 amide bonds. The second kappa shape index (κ2) is 11.3. The summed E-state index contributed by atoms with van der Waals surface area (Å²) in [5.41, 5.74) is -0.192. The van der Waals surface area contributed by atoms with Crippen LogP contribution in [0.15, 0.2) is 85.2 Å². The van der Waals surface area contributed by atoms with Crippen molar-refractivity contribution < 1.29 is 26.3 Å². The molecule has 1 aliphatic carbocycles. The molecule has 0 bridgehead atoms. The molecule has 0 unspecified atom stereocenters. The van der Waals surface area contributed by atoms with Crippen LogP contribution in [0.3, 0.4) is 0 Å². The summed E-state index contributed by atoms with van der Waals surface area (Å²) in [5.74, 6) is 0.701. The summed E-state index contributed by atoms with van der Waals surface area (Å²) in [5, 5.41) is 3.50. The monoisotopic (exact) mass is 594 g/mol. The van der Waals surface area contributed by atoms with Crippen LogP contribution in [0.25, 0.3) is 22.2 Å². The van der Waals surface area contributed by atoms with Crippen LogP contribution in [0.2, 0.25) is 0 Å². The van der Waals surface area contributed by atoms with Crippen molar-refractivity contribution >= 4 is 22.4 Å². The zero-order valence-electron chi connectivity index (χ0n) is 22.5. The standard InChI is InChI=1S/C31H24F6N6/c32-30(33,34)24-7-4-14-38-28(24)20-8-12-23-25(15-20)41-27(18-43(22-10-11-22)17-19-5-2-1-3-6-19)42-29(23)40-21-9-13-26(39-16-21)31(35,36)37/h1-9,12-16,22H,10-11,17-18H2,(H,40,41,42). The molecular formula is C31H24F6N6. The fraction of sp³-hybridized carbons (Fsp3) is 0.226. The molecule has 3 aromatic heterocycles. The van der Waals surface area contributed by atoms with Gasteiger partial charge < -0.3 is 5.32 Å². The Balaban J connectivity index is 1.41. The van der Waals surface area contributed by atoms with Gasteiger partial charge in [-0.3, -0.25) is 9.88 Å². The number of anilines is 2. The lowest BCUT2D eigenvalue weighted by molar-refractivity contribution is -0.141. The number of benzene rings is 2. The van der Waals surface area contributed by atoms with Crippen LogP contribution in [0.4, 0.5) is 37.8 Å². The Hall–Kier alpha value is -4.58. The normalized spacial score (nSPS) is 13.9. The lowest BCUT2D eigenvalue weighted by atomic mass is 10.0. The van der Waals surface area contributed by atoms with E-state index in [4.69, 9.17) is 9.97 Å². The summed E-state index contributed by atoms with van der Waals surface area (Å²) in [6.07, 6.45) is -4.81. The number of fused-ring (bicyclic) bond motifs is 1. The Morgan fingerprint density at radius 3 is 2.26 bits per heavy atom. The van der Waals surface area contributed by atoms with Crippen molar-refractivity contribution in [3.8, 4) is 11.3 Å². The first-order chi connectivity index (χ1) is 20.5. The molecule has 3 heterocycles. The highest BCUT2D eigenvalue weighted by Gasteiger charge is 2.35. The molecular weight excluding hydrogens is 570 g/mol. The average molecular weight is 595 g/mol. The van der Waals surface area contributed by atoms with Gasteiger partial charge in [-0.05, 0) is 54.8 Å². The molecule has 0 aliphatic heterocycles. The molecule has 1 saturated carbocycles. The van der Waals surface area contributed by atoms with E-state index in [1.165, 1.54) is 30.5 Å². The van der Waals surface area contributed by atoms with E-state index >= 15 is 0 Å². The number of nitrogens with one attached hydrogen (secondary N) is 1. The molecule has 0 radical (unpaired) electrons. The number of hydrogen-bond donors (Lipinski definition) is 1. The zero-order valence-corrected chi connectivity index (χ0v) is 22.5. The first kappa shape index (κ1) is 28.5. The van der Waals surface area contributed by atoms with Gasteiger partial charge in [0.05, 0.1) is 35.2 Å². The Labute approximate surface area is 242 Å². The average Bonchev–Trinajstić information content (AvgIpc) is 3.82. The van der Waals surface area contributed by atoms with Crippen molar-refractivity contribution in [1.29, 1.82) is 0 Å². The Kier molecular flexibility index (Phi) is 7.47. The van der Waals surface area contributed by atoms with Gasteiger partial charge in [-0.25, -0.2) is 15.0 Å². The molecule has 0 spiro atoms. The van der Waals surface area contributed by atoms with Gasteiger partial charge in [-0.1, -0.05) is 36.4 Å². The molecule has 1 aliphatic rings. The van der Waals surface area contributed by atoms with Gasteiger partial charge >= 0.3 is 12.4 Å². The summed E-state index contributed by atoms with van der Waals surface area (Å²) in [4.78, 5) is 19.2. The van der Waals surface area contributed by atoms with Crippen molar-refractivity contribution in [2.45, 2.75) is 44.3 Å². The number of hydrogen-bond acceptors (Lipinski definition) is 6. The predicted molar refractivity (Wildman–Crippen MR) is 149 cm³/mol. The minimum Gasteiger partial charge on any atom is -0.338 e. The van der Waals surface area contributed by atoms with Crippen LogP contribution < -0.4 is 5.32 Å². The molecule has 43 heavy (non-hydrogen) atoms. The van der Waals surface area contributed by atoms with Crippen molar-refractivity contribution in [1.82, 2.24) is 24.8 Å². The maximum absolute atomic E-state index is 13.8. The number of nitrogens with zero attached hydrogens (tertiary/aromatic N) is 5. The van der Waals surface area contributed by atoms with Crippen LogP contribution in [-0.4, -0.2) is 30.9 Å². The van der Waals surface area contributed by atoms with Crippen molar-refractivity contribution in [3.05, 3.63) is 108 Å². The maximum Gasteiger partial charge on any atom is 0.433 e. The SMILES string of the molecule is FC(F)(F)c1ccc(Nc2nc(CN(Cc3ccccc3)C3CC3)nc3cc(-c4ncccc4C(F)(F)F)ccc23)cn1. The second-order valence-corrected chi connectivity index (χ2v) is 10.3. The Morgan fingerprint density at radius 1 is 0.791 bits per heavy atom. The molecule has 1 fully saturated rings. The summed E-state index contributed by atoms with van der Waals surface area (Å²) in [7, 11) is 0. The van der Waals surface area contributed by atoms with E-state index in [-0.39, 0.29) is 16.9 Å². The highest BCUT2D eigenvalue weighted by atomic mass is 19.4. The highest BCUT2D eigenvalue weighted by Crippen LogP contribution is 2.37. The van der Waals surface area contributed by atoms with Gasteiger partial charge in [-0.15, -0.1) is 0 Å². The maximum atomic E-state index is 13.8. The number of halogens is 6. The lowest BCUT2D eigenvalue weighted by Crippen LogP contribution is -2.26. The van der Waals surface area contributed by atoms with Crippen LogP contribution in [0, 0.1) is 0 Å². The van der Waals surface area contributed by atoms with E-state index < -0.39 is 23.6 Å². The number of pyridine rings is 2. The molecule has 5 aromatic rings. The molecule has 0 atom stereocenters. The minimum atomic E-state index is -4.61. The van der Waals surface area contributed by atoms with Crippen LogP contribution in [-0.2, 0) is 25.4 Å². The van der Waals surface area contributed by atoms with Gasteiger partial charge in [0, 0.05) is 29.7 Å². The summed E-state index contributed by atoms with van der Waals surface area (Å²) < 4.78 is 80.5. The summed E-state index contributed by atoms with van der Waals surface area (Å²) >= 11 is 0. The highest BCUT2D eigenvalue weighted by molar-refractivity contribution is 5.93. The van der Waals surface area contributed by atoms with E-state index in [0.29, 0.717) is 41.7 Å². The third kappa shape index (κ3) is 6.59. The van der Waals surface area contributed by atoms with Crippen molar-refractivity contribution in [2.75, 3.05) is 5.32 Å². The van der Waals surface area contributed by atoms with Crippen molar-refractivity contribution in [2.24, 2.45) is 0 Å². The lowest BCUT2D eigenvalue weighted by Gasteiger charge is -2.22.